The molecule has 0 spiro atoms. The van der Waals surface area contributed by atoms with Crippen molar-refractivity contribution in [1.29, 1.82) is 0 Å². The Hall–Kier alpha value is -2.29. The number of aryl methyl sites for hydroxylation is 1. The Morgan fingerprint density at radius 3 is 2.60 bits per heavy atom. The molecule has 102 valence electrons. The smallest absolute Gasteiger partial charge is 0.177 e. The summed E-state index contributed by atoms with van der Waals surface area (Å²) in [6, 6.07) is 13.4. The van der Waals surface area contributed by atoms with Crippen LogP contribution in [0.3, 0.4) is 0 Å². The molecule has 1 aliphatic rings. The summed E-state index contributed by atoms with van der Waals surface area (Å²) in [4.78, 5) is 12.6. The number of methoxy groups -OCH3 is 1. The summed E-state index contributed by atoms with van der Waals surface area (Å²) in [6.45, 7) is 2.41. The maximum absolute atomic E-state index is 12.6. The first-order valence-electron chi connectivity index (χ1n) is 6.60. The van der Waals surface area contributed by atoms with Gasteiger partial charge in [0.15, 0.2) is 5.78 Å². The van der Waals surface area contributed by atoms with Gasteiger partial charge in [0.1, 0.15) is 18.1 Å². The zero-order valence-electron chi connectivity index (χ0n) is 11.6. The summed E-state index contributed by atoms with van der Waals surface area (Å²) in [7, 11) is 1.60. The molecule has 0 saturated heterocycles. The van der Waals surface area contributed by atoms with E-state index in [1.54, 1.807) is 25.3 Å². The van der Waals surface area contributed by atoms with Gasteiger partial charge in [0, 0.05) is 6.07 Å². The number of carbonyl (C=O) groups excluding carboxylic acids is 1. The Morgan fingerprint density at radius 1 is 1.15 bits per heavy atom. The highest BCUT2D eigenvalue weighted by molar-refractivity contribution is 6.04. The van der Waals surface area contributed by atoms with Gasteiger partial charge in [-0.15, -0.1) is 0 Å². The number of carbonyl (C=O) groups is 1. The fraction of sp³-hybridized carbons (Fsp3) is 0.235. The van der Waals surface area contributed by atoms with Gasteiger partial charge >= 0.3 is 0 Å². The summed E-state index contributed by atoms with van der Waals surface area (Å²) in [5, 5.41) is 0. The third-order valence-electron chi connectivity index (χ3n) is 3.66. The molecule has 2 aromatic rings. The highest BCUT2D eigenvalue weighted by Crippen LogP contribution is 2.34. The molecular formula is C17H16O3. The van der Waals surface area contributed by atoms with E-state index in [9.17, 15) is 4.79 Å². The monoisotopic (exact) mass is 268 g/mol. The molecule has 1 atom stereocenters. The van der Waals surface area contributed by atoms with Crippen LogP contribution >= 0.6 is 0 Å². The van der Waals surface area contributed by atoms with E-state index in [2.05, 4.69) is 0 Å². The molecule has 1 unspecified atom stereocenters. The number of ketones is 1. The molecule has 3 heteroatoms. The third kappa shape index (κ3) is 2.16. The fourth-order valence-corrected chi connectivity index (χ4v) is 2.44. The first kappa shape index (κ1) is 12.7. The van der Waals surface area contributed by atoms with Gasteiger partial charge in [-0.05, 0) is 24.6 Å². The van der Waals surface area contributed by atoms with Gasteiger partial charge in [-0.3, -0.25) is 4.79 Å². The third-order valence-corrected chi connectivity index (χ3v) is 3.66. The molecule has 2 aromatic carbocycles. The second-order valence-electron chi connectivity index (χ2n) is 5.00. The minimum Gasteiger partial charge on any atom is -0.497 e. The van der Waals surface area contributed by atoms with E-state index < -0.39 is 0 Å². The molecule has 0 saturated carbocycles. The van der Waals surface area contributed by atoms with Crippen molar-refractivity contribution < 1.29 is 14.3 Å². The van der Waals surface area contributed by atoms with Crippen molar-refractivity contribution in [3.05, 3.63) is 59.2 Å². The molecule has 20 heavy (non-hydrogen) atoms. The lowest BCUT2D eigenvalue weighted by Crippen LogP contribution is -2.26. The van der Waals surface area contributed by atoms with Crippen LogP contribution in [0, 0.1) is 6.92 Å². The van der Waals surface area contributed by atoms with Gasteiger partial charge in [0.25, 0.3) is 0 Å². The minimum atomic E-state index is -0.225. The summed E-state index contributed by atoms with van der Waals surface area (Å²) < 4.78 is 10.9. The molecule has 3 nitrogen and oxygen atoms in total. The lowest BCUT2D eigenvalue weighted by atomic mass is 9.88. The van der Waals surface area contributed by atoms with Crippen LogP contribution in [-0.4, -0.2) is 19.5 Å². The molecule has 0 amide bonds. The number of benzene rings is 2. The Kier molecular flexibility index (Phi) is 3.18. The van der Waals surface area contributed by atoms with E-state index in [0.29, 0.717) is 23.7 Å². The molecule has 0 aromatic heterocycles. The molecular weight excluding hydrogens is 252 g/mol. The molecule has 3 rings (SSSR count). The molecule has 0 aliphatic carbocycles. The van der Waals surface area contributed by atoms with E-state index in [-0.39, 0.29) is 11.7 Å². The number of ether oxygens (including phenoxy) is 2. The molecule has 0 radical (unpaired) electrons. The maximum Gasteiger partial charge on any atom is 0.177 e. The number of hydrogen-bond donors (Lipinski definition) is 0. The Balaban J connectivity index is 1.94. The second-order valence-corrected chi connectivity index (χ2v) is 5.00. The number of hydrogen-bond acceptors (Lipinski definition) is 3. The number of rotatable bonds is 2. The Labute approximate surface area is 118 Å². The quantitative estimate of drug-likeness (QED) is 0.837. The largest absolute Gasteiger partial charge is 0.497 e. The Bertz CT molecular complexity index is 644. The highest BCUT2D eigenvalue weighted by Gasteiger charge is 2.30. The summed E-state index contributed by atoms with van der Waals surface area (Å²) in [5.41, 5.74) is 2.81. The average Bonchev–Trinajstić information content (AvgIpc) is 2.48. The number of fused-ring (bicyclic) bond motifs is 1. The molecule has 0 fully saturated rings. The SMILES string of the molecule is COc1ccc2c(c1)OCC(c1ccc(C)cc1)C2=O. The molecule has 0 bridgehead atoms. The zero-order chi connectivity index (χ0) is 14.1. The predicted octanol–water partition coefficient (Wildman–Crippen LogP) is 3.36. The summed E-state index contributed by atoms with van der Waals surface area (Å²) in [5.74, 6) is 1.19. The highest BCUT2D eigenvalue weighted by atomic mass is 16.5. The van der Waals surface area contributed by atoms with Gasteiger partial charge in [-0.1, -0.05) is 29.8 Å². The maximum atomic E-state index is 12.6. The lowest BCUT2D eigenvalue weighted by molar-refractivity contribution is 0.0896. The van der Waals surface area contributed by atoms with Gasteiger partial charge in [-0.25, -0.2) is 0 Å². The van der Waals surface area contributed by atoms with E-state index in [1.165, 1.54) is 5.56 Å². The molecule has 1 heterocycles. The van der Waals surface area contributed by atoms with Gasteiger partial charge in [0.2, 0.25) is 0 Å². The van der Waals surface area contributed by atoms with Crippen molar-refractivity contribution in [3.63, 3.8) is 0 Å². The van der Waals surface area contributed by atoms with Crippen molar-refractivity contribution in [2.24, 2.45) is 0 Å². The van der Waals surface area contributed by atoms with Crippen molar-refractivity contribution in [2.75, 3.05) is 13.7 Å². The van der Waals surface area contributed by atoms with Crippen LogP contribution < -0.4 is 9.47 Å². The first-order chi connectivity index (χ1) is 9.69. The van der Waals surface area contributed by atoms with Crippen molar-refractivity contribution in [3.8, 4) is 11.5 Å². The van der Waals surface area contributed by atoms with Crippen molar-refractivity contribution in [1.82, 2.24) is 0 Å². The normalized spacial score (nSPS) is 17.3. The van der Waals surface area contributed by atoms with Crippen molar-refractivity contribution in [2.45, 2.75) is 12.8 Å². The number of Topliss-reactive ketones (excluding diaryl/α,β-unsaturated/α-hetero) is 1. The first-order valence-corrected chi connectivity index (χ1v) is 6.60. The van der Waals surface area contributed by atoms with Gasteiger partial charge < -0.3 is 9.47 Å². The van der Waals surface area contributed by atoms with Crippen LogP contribution in [-0.2, 0) is 0 Å². The van der Waals surface area contributed by atoms with E-state index >= 15 is 0 Å². The van der Waals surface area contributed by atoms with Crippen LogP contribution in [0.25, 0.3) is 0 Å². The van der Waals surface area contributed by atoms with Gasteiger partial charge in [0.05, 0.1) is 18.6 Å². The van der Waals surface area contributed by atoms with E-state index in [1.807, 2.05) is 31.2 Å². The summed E-state index contributed by atoms with van der Waals surface area (Å²) in [6.07, 6.45) is 0. The van der Waals surface area contributed by atoms with Crippen LogP contribution in [0.1, 0.15) is 27.4 Å². The second kappa shape index (κ2) is 5.00. The van der Waals surface area contributed by atoms with Gasteiger partial charge in [-0.2, -0.15) is 0 Å². The minimum absolute atomic E-state index is 0.109. The van der Waals surface area contributed by atoms with E-state index in [4.69, 9.17) is 9.47 Å². The predicted molar refractivity (Wildman–Crippen MR) is 76.7 cm³/mol. The zero-order valence-corrected chi connectivity index (χ0v) is 11.6. The Morgan fingerprint density at radius 2 is 1.90 bits per heavy atom. The van der Waals surface area contributed by atoms with Crippen molar-refractivity contribution >= 4 is 5.78 Å². The van der Waals surface area contributed by atoms with E-state index in [0.717, 1.165) is 5.56 Å². The van der Waals surface area contributed by atoms with Crippen LogP contribution in [0.15, 0.2) is 42.5 Å². The fourth-order valence-electron chi connectivity index (χ4n) is 2.44. The molecule has 1 aliphatic heterocycles. The van der Waals surface area contributed by atoms with Crippen LogP contribution in [0.4, 0.5) is 0 Å². The topological polar surface area (TPSA) is 35.5 Å². The van der Waals surface area contributed by atoms with Crippen LogP contribution in [0.5, 0.6) is 11.5 Å². The standard InChI is InChI=1S/C17H16O3/c1-11-3-5-12(6-4-11)15-10-20-16-9-13(19-2)7-8-14(16)17(15)18/h3-9,15H,10H2,1-2H3. The lowest BCUT2D eigenvalue weighted by Gasteiger charge is -2.24. The average molecular weight is 268 g/mol. The van der Waals surface area contributed by atoms with Crippen LogP contribution in [0.2, 0.25) is 0 Å². The summed E-state index contributed by atoms with van der Waals surface area (Å²) >= 11 is 0. The molecule has 0 N–H and O–H groups in total.